The molecule has 0 saturated carbocycles. The van der Waals surface area contributed by atoms with Gasteiger partial charge in [-0.15, -0.1) is 11.3 Å². The Kier molecular flexibility index (Phi) is 5.40. The Balaban J connectivity index is 2.56. The molecule has 0 atom stereocenters. The van der Waals surface area contributed by atoms with Crippen molar-refractivity contribution in [1.29, 1.82) is 0 Å². The van der Waals surface area contributed by atoms with E-state index in [1.165, 1.54) is 11.3 Å². The maximum Gasteiger partial charge on any atom is 0.250 e. The first-order chi connectivity index (χ1) is 7.60. The first kappa shape index (κ1) is 13.6. The van der Waals surface area contributed by atoms with E-state index in [0.717, 1.165) is 11.3 Å². The Labute approximate surface area is 100 Å². The number of hydrogen-bond donors (Lipinski definition) is 2. The Bertz CT molecular complexity index is 411. The van der Waals surface area contributed by atoms with Crippen LogP contribution in [0.3, 0.4) is 0 Å². The third-order valence-electron chi connectivity index (χ3n) is 2.13. The zero-order valence-corrected chi connectivity index (χ0v) is 10.9. The fourth-order valence-electron chi connectivity index (χ4n) is 1.21. The molecule has 92 valence electrons. The minimum Gasteiger partial charge on any atom is -0.396 e. The van der Waals surface area contributed by atoms with Crippen molar-refractivity contribution < 1.29 is 13.5 Å². The molecule has 0 unspecified atom stereocenters. The molecule has 6 heteroatoms. The van der Waals surface area contributed by atoms with Crippen LogP contribution < -0.4 is 4.72 Å². The Morgan fingerprint density at radius 1 is 1.38 bits per heavy atom. The van der Waals surface area contributed by atoms with Crippen LogP contribution in [-0.4, -0.2) is 26.7 Å². The summed E-state index contributed by atoms with van der Waals surface area (Å²) in [6, 6.07) is 3.48. The van der Waals surface area contributed by atoms with Crippen LogP contribution in [0.2, 0.25) is 0 Å². The van der Waals surface area contributed by atoms with Crippen LogP contribution in [-0.2, 0) is 16.4 Å². The average Bonchev–Trinajstić information content (AvgIpc) is 2.73. The first-order valence-corrected chi connectivity index (χ1v) is 7.59. The van der Waals surface area contributed by atoms with Crippen molar-refractivity contribution in [2.45, 2.75) is 30.4 Å². The number of nitrogens with one attached hydrogen (secondary N) is 1. The fourth-order valence-corrected chi connectivity index (χ4v) is 3.62. The Morgan fingerprint density at radius 2 is 2.12 bits per heavy atom. The second kappa shape index (κ2) is 6.34. The van der Waals surface area contributed by atoms with Gasteiger partial charge in [-0.05, 0) is 31.4 Å². The van der Waals surface area contributed by atoms with Crippen LogP contribution >= 0.6 is 11.3 Å². The van der Waals surface area contributed by atoms with Crippen molar-refractivity contribution in [2.75, 3.05) is 13.2 Å². The summed E-state index contributed by atoms with van der Waals surface area (Å²) >= 11 is 1.30. The number of aliphatic hydroxyl groups is 1. The summed E-state index contributed by atoms with van der Waals surface area (Å²) < 4.78 is 26.4. The molecule has 1 rings (SSSR count). The van der Waals surface area contributed by atoms with Crippen molar-refractivity contribution in [3.05, 3.63) is 17.0 Å². The Morgan fingerprint density at radius 3 is 2.69 bits per heavy atom. The van der Waals surface area contributed by atoms with E-state index in [1.807, 2.05) is 13.0 Å². The van der Waals surface area contributed by atoms with Crippen LogP contribution in [0.15, 0.2) is 16.3 Å². The molecule has 0 saturated heterocycles. The number of rotatable bonds is 7. The number of aryl methyl sites for hydroxylation is 1. The smallest absolute Gasteiger partial charge is 0.250 e. The molecule has 0 radical (unpaired) electrons. The highest BCUT2D eigenvalue weighted by molar-refractivity contribution is 7.91. The van der Waals surface area contributed by atoms with Gasteiger partial charge in [0.1, 0.15) is 4.21 Å². The average molecular weight is 263 g/mol. The van der Waals surface area contributed by atoms with Crippen molar-refractivity contribution in [3.63, 3.8) is 0 Å². The molecule has 0 aliphatic heterocycles. The molecule has 1 aromatic rings. The van der Waals surface area contributed by atoms with Gasteiger partial charge in [0, 0.05) is 18.0 Å². The molecule has 0 aliphatic rings. The monoisotopic (exact) mass is 263 g/mol. The fraction of sp³-hybridized carbons (Fsp3) is 0.600. The van der Waals surface area contributed by atoms with Crippen molar-refractivity contribution in [2.24, 2.45) is 0 Å². The summed E-state index contributed by atoms with van der Waals surface area (Å²) in [6.45, 7) is 2.47. The summed E-state index contributed by atoms with van der Waals surface area (Å²) in [5.41, 5.74) is 0. The molecule has 0 aliphatic carbocycles. The van der Waals surface area contributed by atoms with Crippen molar-refractivity contribution >= 4 is 21.4 Å². The predicted molar refractivity (Wildman–Crippen MR) is 65.2 cm³/mol. The van der Waals surface area contributed by atoms with E-state index in [9.17, 15) is 8.42 Å². The van der Waals surface area contributed by atoms with E-state index in [1.54, 1.807) is 6.07 Å². The van der Waals surface area contributed by atoms with E-state index in [-0.39, 0.29) is 6.61 Å². The van der Waals surface area contributed by atoms with Gasteiger partial charge in [-0.3, -0.25) is 0 Å². The zero-order chi connectivity index (χ0) is 12.0. The van der Waals surface area contributed by atoms with Gasteiger partial charge in [0.05, 0.1) is 0 Å². The van der Waals surface area contributed by atoms with Gasteiger partial charge in [-0.25, -0.2) is 13.1 Å². The zero-order valence-electron chi connectivity index (χ0n) is 9.27. The van der Waals surface area contributed by atoms with Crippen molar-refractivity contribution in [1.82, 2.24) is 4.72 Å². The number of aliphatic hydroxyl groups excluding tert-OH is 1. The van der Waals surface area contributed by atoms with E-state index in [0.29, 0.717) is 23.6 Å². The normalized spacial score (nSPS) is 11.9. The van der Waals surface area contributed by atoms with Gasteiger partial charge in [0.15, 0.2) is 0 Å². The van der Waals surface area contributed by atoms with Gasteiger partial charge in [0.2, 0.25) is 10.0 Å². The number of hydrogen-bond acceptors (Lipinski definition) is 4. The standard InChI is InChI=1S/C10H17NO3S2/c1-2-9-5-6-10(15-9)16(13,14)11-7-3-4-8-12/h5-6,11-12H,2-4,7-8H2,1H3. The van der Waals surface area contributed by atoms with Gasteiger partial charge in [-0.1, -0.05) is 6.92 Å². The molecule has 0 aromatic carbocycles. The lowest BCUT2D eigenvalue weighted by Crippen LogP contribution is -2.24. The molecule has 16 heavy (non-hydrogen) atoms. The summed E-state index contributed by atoms with van der Waals surface area (Å²) in [5, 5.41) is 8.57. The van der Waals surface area contributed by atoms with Gasteiger partial charge < -0.3 is 5.11 Å². The molecule has 2 N–H and O–H groups in total. The van der Waals surface area contributed by atoms with Gasteiger partial charge in [0.25, 0.3) is 0 Å². The SMILES string of the molecule is CCc1ccc(S(=O)(=O)NCCCCO)s1. The number of thiophene rings is 1. The van der Waals surface area contributed by atoms with E-state index in [2.05, 4.69) is 4.72 Å². The third kappa shape index (κ3) is 3.86. The maximum absolute atomic E-state index is 11.8. The minimum absolute atomic E-state index is 0.0979. The lowest BCUT2D eigenvalue weighted by atomic mass is 10.3. The molecular weight excluding hydrogens is 246 g/mol. The molecule has 1 aromatic heterocycles. The summed E-state index contributed by atoms with van der Waals surface area (Å²) in [6.07, 6.45) is 2.12. The molecular formula is C10H17NO3S2. The van der Waals surface area contributed by atoms with Crippen LogP contribution in [0.1, 0.15) is 24.6 Å². The second-order valence-electron chi connectivity index (χ2n) is 3.40. The highest BCUT2D eigenvalue weighted by Crippen LogP contribution is 2.21. The van der Waals surface area contributed by atoms with E-state index in [4.69, 9.17) is 5.11 Å². The highest BCUT2D eigenvalue weighted by Gasteiger charge is 2.15. The number of sulfonamides is 1. The lowest BCUT2D eigenvalue weighted by molar-refractivity contribution is 0.285. The summed E-state index contributed by atoms with van der Waals surface area (Å²) in [5.74, 6) is 0. The number of unbranched alkanes of at least 4 members (excludes halogenated alkanes) is 1. The minimum atomic E-state index is -3.34. The Hall–Kier alpha value is -0.430. The van der Waals surface area contributed by atoms with E-state index >= 15 is 0 Å². The van der Waals surface area contributed by atoms with Gasteiger partial charge >= 0.3 is 0 Å². The van der Waals surface area contributed by atoms with E-state index < -0.39 is 10.0 Å². The molecule has 1 heterocycles. The molecule has 0 spiro atoms. The van der Waals surface area contributed by atoms with Gasteiger partial charge in [-0.2, -0.15) is 0 Å². The highest BCUT2D eigenvalue weighted by atomic mass is 32.2. The first-order valence-electron chi connectivity index (χ1n) is 5.29. The summed E-state index contributed by atoms with van der Waals surface area (Å²) in [7, 11) is -3.34. The van der Waals surface area contributed by atoms with Crippen molar-refractivity contribution in [3.8, 4) is 0 Å². The quantitative estimate of drug-likeness (QED) is 0.730. The lowest BCUT2D eigenvalue weighted by Gasteiger charge is -2.03. The van der Waals surface area contributed by atoms with Crippen LogP contribution in [0.5, 0.6) is 0 Å². The second-order valence-corrected chi connectivity index (χ2v) is 6.56. The van der Waals surface area contributed by atoms with Crippen LogP contribution in [0.25, 0.3) is 0 Å². The third-order valence-corrected chi connectivity index (χ3v) is 5.31. The molecule has 0 fully saturated rings. The molecule has 4 nitrogen and oxygen atoms in total. The largest absolute Gasteiger partial charge is 0.396 e. The molecule has 0 bridgehead atoms. The molecule has 0 amide bonds. The predicted octanol–water partition coefficient (Wildman–Crippen LogP) is 1.36. The van der Waals surface area contributed by atoms with Crippen LogP contribution in [0, 0.1) is 0 Å². The maximum atomic E-state index is 11.8. The van der Waals surface area contributed by atoms with Crippen LogP contribution in [0.4, 0.5) is 0 Å². The topological polar surface area (TPSA) is 66.4 Å². The summed E-state index contributed by atoms with van der Waals surface area (Å²) in [4.78, 5) is 1.07.